The number of thioether (sulfide) groups is 1. The lowest BCUT2D eigenvalue weighted by molar-refractivity contribution is -0.143. The van der Waals surface area contributed by atoms with Gasteiger partial charge in [-0.3, -0.25) is 4.79 Å². The van der Waals surface area contributed by atoms with E-state index in [1.165, 1.54) is 0 Å². The lowest BCUT2D eigenvalue weighted by Gasteiger charge is -2.29. The monoisotopic (exact) mass is 286 g/mol. The van der Waals surface area contributed by atoms with Crippen LogP contribution in [-0.4, -0.2) is 41.2 Å². The largest absolute Gasteiger partial charge is 0.481 e. The molecule has 1 aliphatic rings. The Balaban J connectivity index is 2.25. The summed E-state index contributed by atoms with van der Waals surface area (Å²) in [5.41, 5.74) is 0. The van der Waals surface area contributed by atoms with Crippen molar-refractivity contribution in [3.05, 3.63) is 12.7 Å². The summed E-state index contributed by atoms with van der Waals surface area (Å²) in [6.07, 6.45) is 5.12. The number of carbonyl (C=O) groups is 2. The Kier molecular flexibility index (Phi) is 7.40. The molecule has 0 aromatic carbocycles. The zero-order valence-electron chi connectivity index (χ0n) is 11.1. The van der Waals surface area contributed by atoms with E-state index in [9.17, 15) is 9.59 Å². The Morgan fingerprint density at radius 3 is 2.79 bits per heavy atom. The summed E-state index contributed by atoms with van der Waals surface area (Å²) >= 11 is 1.69. The molecule has 6 heteroatoms. The molecule has 5 nitrogen and oxygen atoms in total. The van der Waals surface area contributed by atoms with Gasteiger partial charge in [0.1, 0.15) is 0 Å². The average molecular weight is 286 g/mol. The number of carbonyl (C=O) groups excluding carboxylic acids is 1. The van der Waals surface area contributed by atoms with Crippen molar-refractivity contribution in [3.63, 3.8) is 0 Å². The number of hydrogen-bond donors (Lipinski definition) is 3. The summed E-state index contributed by atoms with van der Waals surface area (Å²) in [6, 6.07) is -0.510. The van der Waals surface area contributed by atoms with Crippen molar-refractivity contribution in [2.45, 2.75) is 31.7 Å². The lowest BCUT2D eigenvalue weighted by Crippen LogP contribution is -2.49. The topological polar surface area (TPSA) is 78.4 Å². The number of carboxylic acids is 1. The van der Waals surface area contributed by atoms with Crippen LogP contribution in [0.1, 0.15) is 25.7 Å². The van der Waals surface area contributed by atoms with Crippen LogP contribution in [0, 0.1) is 5.92 Å². The van der Waals surface area contributed by atoms with E-state index in [4.69, 9.17) is 5.11 Å². The molecule has 2 atom stereocenters. The summed E-state index contributed by atoms with van der Waals surface area (Å²) < 4.78 is 0. The van der Waals surface area contributed by atoms with E-state index < -0.39 is 11.9 Å². The Morgan fingerprint density at radius 1 is 1.37 bits per heavy atom. The average Bonchev–Trinajstić information content (AvgIpc) is 2.39. The van der Waals surface area contributed by atoms with Crippen LogP contribution in [0.2, 0.25) is 0 Å². The van der Waals surface area contributed by atoms with Gasteiger partial charge < -0.3 is 15.7 Å². The van der Waals surface area contributed by atoms with Crippen molar-refractivity contribution in [1.82, 2.24) is 10.6 Å². The van der Waals surface area contributed by atoms with Crippen molar-refractivity contribution >= 4 is 23.8 Å². The van der Waals surface area contributed by atoms with Gasteiger partial charge in [0, 0.05) is 24.1 Å². The van der Waals surface area contributed by atoms with Crippen molar-refractivity contribution in [2.75, 3.05) is 18.1 Å². The fourth-order valence-electron chi connectivity index (χ4n) is 2.22. The highest BCUT2D eigenvalue weighted by molar-refractivity contribution is 7.99. The fourth-order valence-corrected chi connectivity index (χ4v) is 2.80. The van der Waals surface area contributed by atoms with E-state index in [1.54, 1.807) is 11.8 Å². The third kappa shape index (κ3) is 6.00. The Morgan fingerprint density at radius 2 is 2.11 bits per heavy atom. The molecule has 2 unspecified atom stereocenters. The minimum atomic E-state index is -0.813. The van der Waals surface area contributed by atoms with Gasteiger partial charge in [-0.1, -0.05) is 18.9 Å². The maximum absolute atomic E-state index is 11.7. The van der Waals surface area contributed by atoms with E-state index in [1.807, 2.05) is 6.08 Å². The lowest BCUT2D eigenvalue weighted by atomic mass is 9.84. The molecule has 0 aromatic heterocycles. The minimum absolute atomic E-state index is 0.243. The van der Waals surface area contributed by atoms with Crippen LogP contribution in [0.25, 0.3) is 0 Å². The van der Waals surface area contributed by atoms with E-state index in [-0.39, 0.29) is 12.1 Å². The molecule has 0 aromatic rings. The quantitative estimate of drug-likeness (QED) is 0.493. The van der Waals surface area contributed by atoms with Gasteiger partial charge in [-0.05, 0) is 12.8 Å². The summed E-state index contributed by atoms with van der Waals surface area (Å²) in [5.74, 6) is 0.431. The molecule has 2 amide bonds. The summed E-state index contributed by atoms with van der Waals surface area (Å²) in [5, 5.41) is 14.6. The molecule has 1 fully saturated rings. The number of nitrogens with one attached hydrogen (secondary N) is 2. The van der Waals surface area contributed by atoms with Crippen LogP contribution in [0.15, 0.2) is 12.7 Å². The van der Waals surface area contributed by atoms with E-state index >= 15 is 0 Å². The smallest absolute Gasteiger partial charge is 0.315 e. The number of hydrogen-bond acceptors (Lipinski definition) is 3. The molecule has 108 valence electrons. The normalized spacial score (nSPS) is 22.5. The first kappa shape index (κ1) is 15.9. The van der Waals surface area contributed by atoms with E-state index in [0.717, 1.165) is 30.8 Å². The molecule has 0 heterocycles. The van der Waals surface area contributed by atoms with Gasteiger partial charge in [0.2, 0.25) is 0 Å². The highest BCUT2D eigenvalue weighted by atomic mass is 32.2. The van der Waals surface area contributed by atoms with Crippen LogP contribution in [0.4, 0.5) is 4.79 Å². The van der Waals surface area contributed by atoms with Gasteiger partial charge in [-0.15, -0.1) is 6.58 Å². The standard InChI is InChI=1S/C13H22N2O3S/c1-2-8-19-9-7-14-13(18)15-11-6-4-3-5-10(11)12(16)17/h2,10-11H,1,3-9H2,(H,16,17)(H2,14,15,18). The molecule has 3 N–H and O–H groups in total. The number of aliphatic carboxylic acids is 1. The van der Waals surface area contributed by atoms with Gasteiger partial charge >= 0.3 is 12.0 Å². The van der Waals surface area contributed by atoms with Gasteiger partial charge in [0.05, 0.1) is 5.92 Å². The van der Waals surface area contributed by atoms with Gasteiger partial charge in [0.25, 0.3) is 0 Å². The fraction of sp³-hybridized carbons (Fsp3) is 0.692. The summed E-state index contributed by atoms with van der Waals surface area (Å²) in [6.45, 7) is 4.20. The molecule has 0 aliphatic heterocycles. The van der Waals surface area contributed by atoms with Gasteiger partial charge in [-0.25, -0.2) is 4.79 Å². The Labute approximate surface area is 118 Å². The maximum atomic E-state index is 11.7. The molecule has 1 saturated carbocycles. The molecule has 0 spiro atoms. The Bertz CT molecular complexity index is 323. The first-order valence-corrected chi connectivity index (χ1v) is 7.76. The van der Waals surface area contributed by atoms with Gasteiger partial charge in [-0.2, -0.15) is 11.8 Å². The van der Waals surface area contributed by atoms with Crippen molar-refractivity contribution < 1.29 is 14.7 Å². The third-order valence-corrected chi connectivity index (χ3v) is 4.13. The minimum Gasteiger partial charge on any atom is -0.481 e. The zero-order chi connectivity index (χ0) is 14.1. The SMILES string of the molecule is C=CCSCCNC(=O)NC1CCCCC1C(=O)O. The van der Waals surface area contributed by atoms with Crippen molar-refractivity contribution in [2.24, 2.45) is 5.92 Å². The van der Waals surface area contributed by atoms with Crippen LogP contribution in [-0.2, 0) is 4.79 Å². The molecular weight excluding hydrogens is 264 g/mol. The molecule has 1 rings (SSSR count). The predicted molar refractivity (Wildman–Crippen MR) is 77.4 cm³/mol. The summed E-state index contributed by atoms with van der Waals surface area (Å²) in [7, 11) is 0. The Hall–Kier alpha value is -1.17. The molecule has 0 bridgehead atoms. The molecule has 19 heavy (non-hydrogen) atoms. The number of amides is 2. The van der Waals surface area contributed by atoms with Crippen molar-refractivity contribution in [3.8, 4) is 0 Å². The van der Waals surface area contributed by atoms with Crippen LogP contribution in [0.3, 0.4) is 0 Å². The van der Waals surface area contributed by atoms with Crippen LogP contribution < -0.4 is 10.6 Å². The maximum Gasteiger partial charge on any atom is 0.315 e. The first-order chi connectivity index (χ1) is 9.15. The predicted octanol–water partition coefficient (Wildman–Crippen LogP) is 1.85. The molecule has 0 saturated heterocycles. The number of rotatable bonds is 7. The highest BCUT2D eigenvalue weighted by Gasteiger charge is 2.31. The van der Waals surface area contributed by atoms with E-state index in [0.29, 0.717) is 13.0 Å². The molecule has 0 radical (unpaired) electrons. The highest BCUT2D eigenvalue weighted by Crippen LogP contribution is 2.24. The second-order valence-corrected chi connectivity index (χ2v) is 5.75. The van der Waals surface area contributed by atoms with Gasteiger partial charge in [0.15, 0.2) is 0 Å². The molecular formula is C13H22N2O3S. The second kappa shape index (κ2) is 8.85. The number of urea groups is 1. The van der Waals surface area contributed by atoms with Crippen LogP contribution in [0.5, 0.6) is 0 Å². The summed E-state index contributed by atoms with van der Waals surface area (Å²) in [4.78, 5) is 22.8. The van der Waals surface area contributed by atoms with E-state index in [2.05, 4.69) is 17.2 Å². The van der Waals surface area contributed by atoms with Crippen LogP contribution >= 0.6 is 11.8 Å². The molecule has 1 aliphatic carbocycles. The third-order valence-electron chi connectivity index (χ3n) is 3.17. The zero-order valence-corrected chi connectivity index (χ0v) is 11.9. The van der Waals surface area contributed by atoms with Crippen molar-refractivity contribution in [1.29, 1.82) is 0 Å². The second-order valence-electron chi connectivity index (χ2n) is 4.60. The first-order valence-electron chi connectivity index (χ1n) is 6.61. The number of carboxylic acid groups (broad SMARTS) is 1.